The summed E-state index contributed by atoms with van der Waals surface area (Å²) in [5, 5.41) is 2.31. The van der Waals surface area contributed by atoms with Crippen molar-refractivity contribution in [1.29, 1.82) is 0 Å². The van der Waals surface area contributed by atoms with Crippen molar-refractivity contribution >= 4 is 18.4 Å². The van der Waals surface area contributed by atoms with Gasteiger partial charge in [0.1, 0.15) is 0 Å². The topological polar surface area (TPSA) is 35.5 Å². The molecule has 0 saturated heterocycles. The minimum atomic E-state index is -3.11. The monoisotopic (exact) mass is 292 g/mol. The molecule has 4 heteroatoms. The maximum absolute atomic E-state index is 12.8. The zero-order valence-corrected chi connectivity index (χ0v) is 13.1. The van der Waals surface area contributed by atoms with Gasteiger partial charge in [0.2, 0.25) is 0 Å². The summed E-state index contributed by atoms with van der Waals surface area (Å²) in [5.74, 6) is 0. The average molecular weight is 292 g/mol. The van der Waals surface area contributed by atoms with E-state index < -0.39 is 7.60 Å². The fraction of sp³-hybridized carbons (Fsp3) is 0.375. The SMILES string of the molecule is CCOP(=O)(OCC)[C@H](C)c1ccc2ccccc2c1. The Morgan fingerprint density at radius 2 is 1.60 bits per heavy atom. The van der Waals surface area contributed by atoms with Gasteiger partial charge in [-0.05, 0) is 37.1 Å². The van der Waals surface area contributed by atoms with Crippen LogP contribution in [0, 0.1) is 0 Å². The summed E-state index contributed by atoms with van der Waals surface area (Å²) in [6.45, 7) is 6.33. The van der Waals surface area contributed by atoms with E-state index in [0.717, 1.165) is 10.9 Å². The van der Waals surface area contributed by atoms with E-state index in [1.165, 1.54) is 5.39 Å². The molecule has 0 N–H and O–H groups in total. The van der Waals surface area contributed by atoms with Gasteiger partial charge >= 0.3 is 7.60 Å². The quantitative estimate of drug-likeness (QED) is 0.689. The minimum absolute atomic E-state index is 0.271. The van der Waals surface area contributed by atoms with Crippen LogP contribution in [0.2, 0.25) is 0 Å². The van der Waals surface area contributed by atoms with E-state index in [9.17, 15) is 4.57 Å². The smallest absolute Gasteiger partial charge is 0.308 e. The molecule has 0 saturated carbocycles. The molecule has 0 amide bonds. The first-order chi connectivity index (χ1) is 9.60. The van der Waals surface area contributed by atoms with Crippen LogP contribution in [0.25, 0.3) is 10.8 Å². The lowest BCUT2D eigenvalue weighted by atomic mass is 10.1. The predicted octanol–water partition coefficient (Wildman–Crippen LogP) is 5.17. The van der Waals surface area contributed by atoms with Gasteiger partial charge in [-0.15, -0.1) is 0 Å². The second-order valence-corrected chi connectivity index (χ2v) is 7.03. The van der Waals surface area contributed by atoms with E-state index in [4.69, 9.17) is 9.05 Å². The van der Waals surface area contributed by atoms with Crippen LogP contribution in [0.3, 0.4) is 0 Å². The molecule has 0 radical (unpaired) electrons. The molecule has 108 valence electrons. The zero-order chi connectivity index (χ0) is 14.6. The summed E-state index contributed by atoms with van der Waals surface area (Å²) < 4.78 is 23.7. The fourth-order valence-electron chi connectivity index (χ4n) is 2.27. The first-order valence-corrected chi connectivity index (χ1v) is 8.59. The summed E-state index contributed by atoms with van der Waals surface area (Å²) in [5.41, 5.74) is 0.709. The molecule has 2 aromatic carbocycles. The van der Waals surface area contributed by atoms with Crippen LogP contribution < -0.4 is 0 Å². The highest BCUT2D eigenvalue weighted by molar-refractivity contribution is 7.54. The summed E-state index contributed by atoms with van der Waals surface area (Å²) in [7, 11) is -3.11. The van der Waals surface area contributed by atoms with Gasteiger partial charge in [0.15, 0.2) is 0 Å². The largest absolute Gasteiger partial charge is 0.337 e. The fourth-order valence-corrected chi connectivity index (χ4v) is 4.04. The molecule has 0 aromatic heterocycles. The third-order valence-electron chi connectivity index (χ3n) is 3.35. The second-order valence-electron chi connectivity index (χ2n) is 4.66. The van der Waals surface area contributed by atoms with Crippen molar-refractivity contribution in [2.75, 3.05) is 13.2 Å². The molecule has 20 heavy (non-hydrogen) atoms. The van der Waals surface area contributed by atoms with Gasteiger partial charge in [-0.1, -0.05) is 42.5 Å². The molecule has 0 fully saturated rings. The Hall–Kier alpha value is -1.15. The maximum Gasteiger partial charge on any atom is 0.337 e. The van der Waals surface area contributed by atoms with Crippen LogP contribution in [0.4, 0.5) is 0 Å². The second kappa shape index (κ2) is 6.53. The Bertz CT molecular complexity index is 614. The van der Waals surface area contributed by atoms with Gasteiger partial charge in [0.05, 0.1) is 18.9 Å². The van der Waals surface area contributed by atoms with E-state index in [-0.39, 0.29) is 5.66 Å². The molecule has 2 aromatic rings. The Morgan fingerprint density at radius 1 is 1.00 bits per heavy atom. The first-order valence-electron chi connectivity index (χ1n) is 6.98. The van der Waals surface area contributed by atoms with Gasteiger partial charge in [-0.3, -0.25) is 4.57 Å². The normalized spacial score (nSPS) is 13.6. The summed E-state index contributed by atoms with van der Waals surface area (Å²) >= 11 is 0. The van der Waals surface area contributed by atoms with Crippen molar-refractivity contribution in [2.24, 2.45) is 0 Å². The molecule has 0 spiro atoms. The van der Waals surface area contributed by atoms with Crippen LogP contribution in [0.5, 0.6) is 0 Å². The molecule has 1 atom stereocenters. The van der Waals surface area contributed by atoms with Crippen molar-refractivity contribution < 1.29 is 13.6 Å². The lowest BCUT2D eigenvalue weighted by Crippen LogP contribution is -2.03. The van der Waals surface area contributed by atoms with E-state index in [2.05, 4.69) is 18.2 Å². The van der Waals surface area contributed by atoms with Crippen molar-refractivity contribution in [3.05, 3.63) is 48.0 Å². The molecule has 0 heterocycles. The molecule has 3 nitrogen and oxygen atoms in total. The molecule has 0 aliphatic rings. The molecule has 2 rings (SSSR count). The summed E-state index contributed by atoms with van der Waals surface area (Å²) in [6, 6.07) is 14.2. The van der Waals surface area contributed by atoms with Gasteiger partial charge in [0, 0.05) is 0 Å². The number of rotatable bonds is 6. The van der Waals surface area contributed by atoms with E-state index >= 15 is 0 Å². The zero-order valence-electron chi connectivity index (χ0n) is 12.2. The molecule has 0 bridgehead atoms. The Morgan fingerprint density at radius 3 is 2.20 bits per heavy atom. The standard InChI is InChI=1S/C16H21O3P/c1-4-18-20(17,19-5-2)13(3)15-11-10-14-8-6-7-9-16(14)12-15/h6-13H,4-5H2,1-3H3/t13-/m1/s1. The van der Waals surface area contributed by atoms with Crippen LogP contribution in [0.15, 0.2) is 42.5 Å². The average Bonchev–Trinajstić information content (AvgIpc) is 2.46. The Kier molecular flexibility index (Phi) is 4.98. The van der Waals surface area contributed by atoms with E-state index in [1.54, 1.807) is 0 Å². The van der Waals surface area contributed by atoms with Crippen molar-refractivity contribution in [2.45, 2.75) is 26.4 Å². The highest BCUT2D eigenvalue weighted by Crippen LogP contribution is 2.60. The van der Waals surface area contributed by atoms with Crippen LogP contribution in [0.1, 0.15) is 32.0 Å². The number of fused-ring (bicyclic) bond motifs is 1. The molecule has 0 aliphatic heterocycles. The van der Waals surface area contributed by atoms with Crippen molar-refractivity contribution in [3.63, 3.8) is 0 Å². The van der Waals surface area contributed by atoms with Gasteiger partial charge < -0.3 is 9.05 Å². The van der Waals surface area contributed by atoms with Crippen LogP contribution in [-0.4, -0.2) is 13.2 Å². The third kappa shape index (κ3) is 3.12. The van der Waals surface area contributed by atoms with E-state index in [1.807, 2.05) is 45.0 Å². The van der Waals surface area contributed by atoms with Crippen LogP contribution >= 0.6 is 7.60 Å². The third-order valence-corrected chi connectivity index (χ3v) is 5.83. The van der Waals surface area contributed by atoms with Crippen LogP contribution in [-0.2, 0) is 13.6 Å². The van der Waals surface area contributed by atoms with Crippen molar-refractivity contribution in [1.82, 2.24) is 0 Å². The highest BCUT2D eigenvalue weighted by Gasteiger charge is 2.33. The Balaban J connectivity index is 2.38. The maximum atomic E-state index is 12.8. The number of hydrogen-bond donors (Lipinski definition) is 0. The van der Waals surface area contributed by atoms with Crippen molar-refractivity contribution in [3.8, 4) is 0 Å². The molecule has 0 aliphatic carbocycles. The van der Waals surface area contributed by atoms with Gasteiger partial charge in [-0.25, -0.2) is 0 Å². The Labute approximate surface area is 120 Å². The van der Waals surface area contributed by atoms with Gasteiger partial charge in [-0.2, -0.15) is 0 Å². The molecular weight excluding hydrogens is 271 g/mol. The molecule has 0 unspecified atom stereocenters. The first kappa shape index (κ1) is 15.2. The number of benzene rings is 2. The predicted molar refractivity (Wildman–Crippen MR) is 83.2 cm³/mol. The van der Waals surface area contributed by atoms with Gasteiger partial charge in [0.25, 0.3) is 0 Å². The molecular formula is C16H21O3P. The summed E-state index contributed by atoms with van der Waals surface area (Å²) in [4.78, 5) is 0. The summed E-state index contributed by atoms with van der Waals surface area (Å²) in [6.07, 6.45) is 0. The number of hydrogen-bond acceptors (Lipinski definition) is 3. The lowest BCUT2D eigenvalue weighted by molar-refractivity contribution is 0.213. The highest BCUT2D eigenvalue weighted by atomic mass is 31.2. The van der Waals surface area contributed by atoms with E-state index in [0.29, 0.717) is 13.2 Å². The minimum Gasteiger partial charge on any atom is -0.308 e. The lowest BCUT2D eigenvalue weighted by Gasteiger charge is -2.23.